The van der Waals surface area contributed by atoms with Gasteiger partial charge >= 0.3 is 6.03 Å². The Morgan fingerprint density at radius 3 is 2.42 bits per heavy atom. The van der Waals surface area contributed by atoms with E-state index in [2.05, 4.69) is 21.2 Å². The number of carbonyl (C=O) groups excluding carboxylic acids is 3. The van der Waals surface area contributed by atoms with Crippen LogP contribution in [-0.4, -0.2) is 24.5 Å². The fourth-order valence-corrected chi connectivity index (χ4v) is 4.38. The van der Waals surface area contributed by atoms with Gasteiger partial charge in [0.05, 0.1) is 16.8 Å². The topological polar surface area (TPSA) is 84.9 Å². The molecule has 7 nitrogen and oxygen atoms in total. The predicted molar refractivity (Wildman–Crippen MR) is 142 cm³/mol. The van der Waals surface area contributed by atoms with Crippen LogP contribution in [0.4, 0.5) is 10.5 Å². The van der Waals surface area contributed by atoms with Gasteiger partial charge in [-0.1, -0.05) is 41.4 Å². The van der Waals surface area contributed by atoms with Crippen LogP contribution < -0.4 is 19.7 Å². The Morgan fingerprint density at radius 1 is 1.00 bits per heavy atom. The van der Waals surface area contributed by atoms with Crippen LogP contribution in [0.25, 0.3) is 6.08 Å². The van der Waals surface area contributed by atoms with Gasteiger partial charge in [-0.25, -0.2) is 9.69 Å². The summed E-state index contributed by atoms with van der Waals surface area (Å²) in [5, 5.41) is 3.22. The first-order chi connectivity index (χ1) is 17.3. The number of nitrogens with one attached hydrogen (secondary N) is 1. The Labute approximate surface area is 225 Å². The molecule has 36 heavy (non-hydrogen) atoms. The molecule has 0 spiro atoms. The van der Waals surface area contributed by atoms with Crippen molar-refractivity contribution in [3.05, 3.63) is 91.9 Å². The Bertz CT molecular complexity index is 1380. The third-order valence-corrected chi connectivity index (χ3v) is 6.37. The minimum Gasteiger partial charge on any atom is -0.490 e. The van der Waals surface area contributed by atoms with Gasteiger partial charge in [0, 0.05) is 15.6 Å². The number of rotatable bonds is 7. The second-order valence-corrected chi connectivity index (χ2v) is 9.28. The van der Waals surface area contributed by atoms with Crippen LogP contribution in [0.15, 0.2) is 70.7 Å². The highest BCUT2D eigenvalue weighted by atomic mass is 79.9. The zero-order valence-corrected chi connectivity index (χ0v) is 22.0. The molecule has 0 aromatic heterocycles. The normalized spacial score (nSPS) is 14.7. The third kappa shape index (κ3) is 5.56. The van der Waals surface area contributed by atoms with Crippen LogP contribution in [0.2, 0.25) is 10.0 Å². The van der Waals surface area contributed by atoms with E-state index in [1.807, 2.05) is 25.1 Å². The summed E-state index contributed by atoms with van der Waals surface area (Å²) in [6.07, 6.45) is 1.39. The molecule has 3 aromatic carbocycles. The van der Waals surface area contributed by atoms with Crippen LogP contribution >= 0.6 is 39.1 Å². The van der Waals surface area contributed by atoms with Crippen molar-refractivity contribution in [2.45, 2.75) is 13.5 Å². The molecule has 4 amide bonds. The zero-order chi connectivity index (χ0) is 25.8. The van der Waals surface area contributed by atoms with Gasteiger partial charge in [0.25, 0.3) is 11.8 Å². The smallest absolute Gasteiger partial charge is 0.335 e. The van der Waals surface area contributed by atoms with Crippen molar-refractivity contribution in [1.29, 1.82) is 0 Å². The van der Waals surface area contributed by atoms with Crippen molar-refractivity contribution in [2.75, 3.05) is 11.5 Å². The van der Waals surface area contributed by atoms with E-state index in [1.165, 1.54) is 18.2 Å². The fraction of sp³-hybridized carbons (Fsp3) is 0.115. The van der Waals surface area contributed by atoms with Crippen molar-refractivity contribution in [3.63, 3.8) is 0 Å². The standard InChI is InChI=1S/C26H19BrCl2N2O5/c1-2-35-22-13-15(12-20(27)23(22)36-14-16-5-3-4-6-21(16)29)11-19-24(32)30-26(34)31(25(19)33)18-9-7-17(28)8-10-18/h3-13H,2,14H2,1H3,(H,30,32,34)/b19-11+. The van der Waals surface area contributed by atoms with Gasteiger partial charge in [-0.3, -0.25) is 14.9 Å². The lowest BCUT2D eigenvalue weighted by molar-refractivity contribution is -0.122. The molecule has 0 unspecified atom stereocenters. The molecule has 0 atom stereocenters. The number of ether oxygens (including phenoxy) is 2. The second kappa shape index (κ2) is 11.2. The van der Waals surface area contributed by atoms with Crippen molar-refractivity contribution in [2.24, 2.45) is 0 Å². The summed E-state index contributed by atoms with van der Waals surface area (Å²) in [7, 11) is 0. The maximum atomic E-state index is 13.2. The Kier molecular flexibility index (Phi) is 7.98. The molecule has 4 rings (SSSR count). The Hall–Kier alpha value is -3.33. The molecular weight excluding hydrogens is 571 g/mol. The van der Waals surface area contributed by atoms with Gasteiger partial charge < -0.3 is 9.47 Å². The van der Waals surface area contributed by atoms with E-state index in [1.54, 1.807) is 30.3 Å². The highest BCUT2D eigenvalue weighted by Crippen LogP contribution is 2.38. The number of nitrogens with zero attached hydrogens (tertiary/aromatic N) is 1. The number of imide groups is 2. The quantitative estimate of drug-likeness (QED) is 0.255. The van der Waals surface area contributed by atoms with Crippen LogP contribution in [0.1, 0.15) is 18.1 Å². The molecule has 0 aliphatic carbocycles. The predicted octanol–water partition coefficient (Wildman–Crippen LogP) is 6.40. The van der Waals surface area contributed by atoms with Gasteiger partial charge in [-0.2, -0.15) is 0 Å². The first-order valence-electron chi connectivity index (χ1n) is 10.8. The van der Waals surface area contributed by atoms with E-state index >= 15 is 0 Å². The highest BCUT2D eigenvalue weighted by Gasteiger charge is 2.36. The molecule has 1 fully saturated rings. The third-order valence-electron chi connectivity index (χ3n) is 5.16. The van der Waals surface area contributed by atoms with E-state index in [9.17, 15) is 14.4 Å². The molecule has 1 aliphatic rings. The average molecular weight is 590 g/mol. The lowest BCUT2D eigenvalue weighted by Crippen LogP contribution is -2.54. The average Bonchev–Trinajstić information content (AvgIpc) is 2.83. The van der Waals surface area contributed by atoms with Crippen LogP contribution in [0.3, 0.4) is 0 Å². The number of hydrogen-bond donors (Lipinski definition) is 1. The second-order valence-electron chi connectivity index (χ2n) is 7.58. The van der Waals surface area contributed by atoms with E-state index < -0.39 is 17.8 Å². The monoisotopic (exact) mass is 588 g/mol. The van der Waals surface area contributed by atoms with E-state index in [4.69, 9.17) is 32.7 Å². The lowest BCUT2D eigenvalue weighted by Gasteiger charge is -2.26. The molecule has 184 valence electrons. The number of barbiturate groups is 1. The number of benzene rings is 3. The molecule has 1 saturated heterocycles. The summed E-state index contributed by atoms with van der Waals surface area (Å²) in [6, 6.07) is 15.9. The fourth-order valence-electron chi connectivity index (χ4n) is 3.49. The maximum absolute atomic E-state index is 13.2. The number of carbonyl (C=O) groups is 3. The lowest BCUT2D eigenvalue weighted by atomic mass is 10.1. The van der Waals surface area contributed by atoms with Gasteiger partial charge in [-0.05, 0) is 77.0 Å². The van der Waals surface area contributed by atoms with Crippen molar-refractivity contribution in [3.8, 4) is 11.5 Å². The summed E-state index contributed by atoms with van der Waals surface area (Å²) >= 11 is 15.6. The molecule has 3 aromatic rings. The van der Waals surface area contributed by atoms with Gasteiger partial charge in [-0.15, -0.1) is 0 Å². The molecule has 0 bridgehead atoms. The SMILES string of the molecule is CCOc1cc(/C=C2\C(=O)NC(=O)N(c3ccc(Cl)cc3)C2=O)cc(Br)c1OCc1ccccc1Cl. The van der Waals surface area contributed by atoms with E-state index in [0.717, 1.165) is 10.5 Å². The van der Waals surface area contributed by atoms with Crippen molar-refractivity contribution >= 4 is 68.7 Å². The minimum absolute atomic E-state index is 0.206. The van der Waals surface area contributed by atoms with Gasteiger partial charge in [0.1, 0.15) is 12.2 Å². The van der Waals surface area contributed by atoms with Gasteiger partial charge in [0.2, 0.25) is 0 Å². The summed E-state index contributed by atoms with van der Waals surface area (Å²) < 4.78 is 12.3. The van der Waals surface area contributed by atoms with Crippen molar-refractivity contribution < 1.29 is 23.9 Å². The maximum Gasteiger partial charge on any atom is 0.335 e. The summed E-state index contributed by atoms with van der Waals surface area (Å²) in [5.41, 5.74) is 1.35. The molecular formula is C26H19BrCl2N2O5. The number of amides is 4. The molecule has 1 heterocycles. The summed E-state index contributed by atoms with van der Waals surface area (Å²) in [6.45, 7) is 2.38. The number of hydrogen-bond acceptors (Lipinski definition) is 5. The molecule has 0 radical (unpaired) electrons. The first-order valence-corrected chi connectivity index (χ1v) is 12.3. The molecule has 0 saturated carbocycles. The molecule has 1 aliphatic heterocycles. The highest BCUT2D eigenvalue weighted by molar-refractivity contribution is 9.10. The van der Waals surface area contributed by atoms with Crippen molar-refractivity contribution in [1.82, 2.24) is 5.32 Å². The number of halogens is 3. The van der Waals surface area contributed by atoms with E-state index in [0.29, 0.717) is 38.2 Å². The Morgan fingerprint density at radius 2 is 1.72 bits per heavy atom. The van der Waals surface area contributed by atoms with Gasteiger partial charge in [0.15, 0.2) is 11.5 Å². The van der Waals surface area contributed by atoms with E-state index in [-0.39, 0.29) is 17.9 Å². The first kappa shape index (κ1) is 25.8. The van der Waals surface area contributed by atoms with Crippen LogP contribution in [0.5, 0.6) is 11.5 Å². The minimum atomic E-state index is -0.844. The summed E-state index contributed by atoms with van der Waals surface area (Å²) in [4.78, 5) is 39.0. The van der Waals surface area contributed by atoms with Crippen LogP contribution in [0, 0.1) is 0 Å². The number of anilines is 1. The summed E-state index contributed by atoms with van der Waals surface area (Å²) in [5.74, 6) is -0.723. The zero-order valence-electron chi connectivity index (χ0n) is 18.9. The largest absolute Gasteiger partial charge is 0.490 e. The molecule has 10 heteroatoms. The Balaban J connectivity index is 1.66. The molecule has 1 N–H and O–H groups in total. The van der Waals surface area contributed by atoms with Crippen LogP contribution in [-0.2, 0) is 16.2 Å². The number of urea groups is 1.